The van der Waals surface area contributed by atoms with Gasteiger partial charge in [-0.2, -0.15) is 0 Å². The maximum absolute atomic E-state index is 12.3. The minimum atomic E-state index is -1.06. The van der Waals surface area contributed by atoms with Gasteiger partial charge in [-0.1, -0.05) is 0 Å². The summed E-state index contributed by atoms with van der Waals surface area (Å²) in [5.41, 5.74) is 0.294. The molecular formula is C13H21N5O4. The number of imidazole rings is 1. The van der Waals surface area contributed by atoms with Crippen LogP contribution in [-0.4, -0.2) is 72.1 Å². The van der Waals surface area contributed by atoms with Gasteiger partial charge in [0.1, 0.15) is 6.54 Å². The van der Waals surface area contributed by atoms with Crippen molar-refractivity contribution < 1.29 is 19.4 Å². The number of ether oxygens (including phenoxy) is 1. The first kappa shape index (κ1) is 16.2. The molecule has 2 N–H and O–H groups in total. The van der Waals surface area contributed by atoms with Gasteiger partial charge in [-0.05, 0) is 6.42 Å². The van der Waals surface area contributed by atoms with E-state index in [4.69, 9.17) is 4.74 Å². The molecule has 122 valence electrons. The van der Waals surface area contributed by atoms with Crippen molar-refractivity contribution in [3.05, 3.63) is 12.0 Å². The number of hydrogen-bond donors (Lipinski definition) is 2. The zero-order valence-electron chi connectivity index (χ0n) is 12.9. The van der Waals surface area contributed by atoms with E-state index in [1.165, 1.54) is 27.7 Å². The molecule has 0 bridgehead atoms. The molecule has 1 aromatic rings. The summed E-state index contributed by atoms with van der Waals surface area (Å²) in [6.07, 6.45) is 1.09. The van der Waals surface area contributed by atoms with E-state index in [1.54, 1.807) is 14.2 Å². The van der Waals surface area contributed by atoms with Gasteiger partial charge in [0.2, 0.25) is 12.3 Å². The first-order chi connectivity index (χ1) is 10.5. The summed E-state index contributed by atoms with van der Waals surface area (Å²) in [6.45, 7) is 1.08. The molecule has 9 heteroatoms. The minimum absolute atomic E-state index is 0.00116. The van der Waals surface area contributed by atoms with Crippen molar-refractivity contribution in [2.24, 2.45) is 0 Å². The van der Waals surface area contributed by atoms with Crippen LogP contribution in [-0.2, 0) is 16.1 Å². The van der Waals surface area contributed by atoms with Crippen LogP contribution < -0.4 is 10.2 Å². The van der Waals surface area contributed by atoms with Gasteiger partial charge < -0.3 is 24.6 Å². The molecule has 0 saturated heterocycles. The van der Waals surface area contributed by atoms with E-state index in [2.05, 4.69) is 10.3 Å². The normalized spacial score (nSPS) is 17.6. The Hall–Kier alpha value is -2.13. The zero-order chi connectivity index (χ0) is 16.3. The first-order valence-corrected chi connectivity index (χ1v) is 6.96. The maximum Gasteiger partial charge on any atom is 0.277 e. The molecule has 22 heavy (non-hydrogen) atoms. The number of hydrogen-bond acceptors (Lipinski definition) is 6. The lowest BCUT2D eigenvalue weighted by Crippen LogP contribution is -2.52. The van der Waals surface area contributed by atoms with Crippen molar-refractivity contribution in [2.75, 3.05) is 39.3 Å². The molecule has 1 aromatic heterocycles. The Balaban J connectivity index is 2.07. The molecule has 2 heterocycles. The molecule has 0 saturated carbocycles. The average molecular weight is 311 g/mol. The summed E-state index contributed by atoms with van der Waals surface area (Å²) in [5.74, 6) is -0.214. The van der Waals surface area contributed by atoms with E-state index in [0.717, 1.165) is 6.42 Å². The van der Waals surface area contributed by atoms with Crippen LogP contribution in [0.4, 0.5) is 5.82 Å². The van der Waals surface area contributed by atoms with Gasteiger partial charge in [0, 0.05) is 34.4 Å². The van der Waals surface area contributed by atoms with E-state index < -0.39 is 6.35 Å². The second kappa shape index (κ2) is 6.75. The Bertz CT molecular complexity index is 559. The van der Waals surface area contributed by atoms with Crippen molar-refractivity contribution in [1.29, 1.82) is 0 Å². The Kier molecular flexibility index (Phi) is 4.99. The third-order valence-electron chi connectivity index (χ3n) is 3.53. The van der Waals surface area contributed by atoms with Gasteiger partial charge in [-0.25, -0.2) is 4.98 Å². The Morgan fingerprint density at radius 2 is 2.18 bits per heavy atom. The van der Waals surface area contributed by atoms with Crippen LogP contribution in [0.2, 0.25) is 0 Å². The summed E-state index contributed by atoms with van der Waals surface area (Å²) in [5, 5.41) is 12.7. The van der Waals surface area contributed by atoms with Crippen molar-refractivity contribution in [1.82, 2.24) is 19.8 Å². The van der Waals surface area contributed by atoms with E-state index in [0.29, 0.717) is 24.7 Å². The lowest BCUT2D eigenvalue weighted by atomic mass is 10.3. The van der Waals surface area contributed by atoms with Crippen LogP contribution in [0.1, 0.15) is 16.9 Å². The van der Waals surface area contributed by atoms with E-state index >= 15 is 0 Å². The summed E-state index contributed by atoms with van der Waals surface area (Å²) >= 11 is 0. The summed E-state index contributed by atoms with van der Waals surface area (Å²) in [4.78, 5) is 31.0. The zero-order valence-corrected chi connectivity index (χ0v) is 12.9. The van der Waals surface area contributed by atoms with E-state index in [9.17, 15) is 14.7 Å². The number of anilines is 1. The van der Waals surface area contributed by atoms with Crippen LogP contribution in [0.15, 0.2) is 6.33 Å². The molecule has 1 aliphatic heterocycles. The minimum Gasteiger partial charge on any atom is -0.385 e. The number of rotatable bonds is 6. The van der Waals surface area contributed by atoms with Gasteiger partial charge in [0.25, 0.3) is 5.91 Å². The molecule has 0 aliphatic carbocycles. The lowest BCUT2D eigenvalue weighted by molar-refractivity contribution is -0.121. The smallest absolute Gasteiger partial charge is 0.277 e. The number of nitrogens with one attached hydrogen (secondary N) is 1. The van der Waals surface area contributed by atoms with Crippen molar-refractivity contribution in [3.8, 4) is 0 Å². The fourth-order valence-corrected chi connectivity index (χ4v) is 2.26. The molecule has 1 aliphatic rings. The van der Waals surface area contributed by atoms with E-state index in [-0.39, 0.29) is 18.4 Å². The van der Waals surface area contributed by atoms with Gasteiger partial charge in [-0.15, -0.1) is 0 Å². The fourth-order valence-electron chi connectivity index (χ4n) is 2.26. The third-order valence-corrected chi connectivity index (χ3v) is 3.53. The van der Waals surface area contributed by atoms with Gasteiger partial charge in [-0.3, -0.25) is 14.5 Å². The first-order valence-electron chi connectivity index (χ1n) is 6.96. The monoisotopic (exact) mass is 311 g/mol. The molecule has 2 amide bonds. The van der Waals surface area contributed by atoms with Gasteiger partial charge in [0.15, 0.2) is 11.5 Å². The van der Waals surface area contributed by atoms with Crippen LogP contribution >= 0.6 is 0 Å². The average Bonchev–Trinajstić information content (AvgIpc) is 2.91. The van der Waals surface area contributed by atoms with Crippen molar-refractivity contribution >= 4 is 17.6 Å². The Labute approximate surface area is 128 Å². The molecule has 1 unspecified atom stereocenters. The number of carbonyl (C=O) groups excluding carboxylic acids is 2. The number of nitrogens with zero attached hydrogens (tertiary/aromatic N) is 4. The number of aliphatic hydroxyl groups excluding tert-OH is 1. The highest BCUT2D eigenvalue weighted by Gasteiger charge is 2.36. The quantitative estimate of drug-likeness (QED) is 0.643. The highest BCUT2D eigenvalue weighted by Crippen LogP contribution is 2.26. The standard InChI is InChI=1S/C13H21N5O4/c1-16-11-10(12(20)17(2)13(16)21)18(8-15-11)7-9(19)14-5-4-6-22-3/h8,13,21H,4-7H2,1-3H3,(H,14,19). The predicted octanol–water partition coefficient (Wildman–Crippen LogP) is -1.17. The second-order valence-electron chi connectivity index (χ2n) is 5.11. The number of aromatic nitrogens is 2. The number of fused-ring (bicyclic) bond motifs is 1. The maximum atomic E-state index is 12.3. The van der Waals surface area contributed by atoms with Crippen molar-refractivity contribution in [2.45, 2.75) is 19.3 Å². The molecule has 9 nitrogen and oxygen atoms in total. The molecule has 0 aromatic carbocycles. The largest absolute Gasteiger partial charge is 0.385 e. The third kappa shape index (κ3) is 3.04. The number of methoxy groups -OCH3 is 1. The van der Waals surface area contributed by atoms with E-state index in [1.807, 2.05) is 0 Å². The number of amides is 2. The lowest BCUT2D eigenvalue weighted by Gasteiger charge is -2.36. The SMILES string of the molecule is COCCCNC(=O)Cn1cnc2c1C(=O)N(C)C(O)N2C. The molecule has 0 fully saturated rings. The Morgan fingerprint density at radius 1 is 1.45 bits per heavy atom. The van der Waals surface area contributed by atoms with Gasteiger partial charge in [0.05, 0.1) is 6.33 Å². The Morgan fingerprint density at radius 3 is 2.86 bits per heavy atom. The summed E-state index contributed by atoms with van der Waals surface area (Å²) in [6, 6.07) is 0. The second-order valence-corrected chi connectivity index (χ2v) is 5.11. The topological polar surface area (TPSA) is 99.9 Å². The molecule has 0 spiro atoms. The van der Waals surface area contributed by atoms with Crippen LogP contribution in [0, 0.1) is 0 Å². The molecule has 2 rings (SSSR count). The van der Waals surface area contributed by atoms with Crippen LogP contribution in [0.25, 0.3) is 0 Å². The summed E-state index contributed by atoms with van der Waals surface area (Å²) in [7, 11) is 4.73. The van der Waals surface area contributed by atoms with Crippen LogP contribution in [0.3, 0.4) is 0 Å². The molecular weight excluding hydrogens is 290 g/mol. The van der Waals surface area contributed by atoms with Crippen molar-refractivity contribution in [3.63, 3.8) is 0 Å². The predicted molar refractivity (Wildman–Crippen MR) is 78.2 cm³/mol. The summed E-state index contributed by atoms with van der Waals surface area (Å²) < 4.78 is 6.39. The highest BCUT2D eigenvalue weighted by molar-refractivity contribution is 5.99. The molecule has 1 atom stereocenters. The van der Waals surface area contributed by atoms with Crippen LogP contribution in [0.5, 0.6) is 0 Å². The number of aliphatic hydroxyl groups is 1. The number of carbonyl (C=O) groups is 2. The fraction of sp³-hybridized carbons (Fsp3) is 0.615. The molecule has 0 radical (unpaired) electrons. The highest BCUT2D eigenvalue weighted by atomic mass is 16.5. The van der Waals surface area contributed by atoms with Gasteiger partial charge >= 0.3 is 0 Å².